The Balaban J connectivity index is 1.57. The molecular formula is C21H28N6O. The van der Waals surface area contributed by atoms with Crippen molar-refractivity contribution < 1.29 is 4.79 Å². The molecule has 7 nitrogen and oxygen atoms in total. The van der Waals surface area contributed by atoms with Crippen LogP contribution < -0.4 is 15.5 Å². The van der Waals surface area contributed by atoms with E-state index in [1.807, 2.05) is 12.1 Å². The Morgan fingerprint density at radius 1 is 1.21 bits per heavy atom. The van der Waals surface area contributed by atoms with Crippen molar-refractivity contribution in [1.29, 1.82) is 0 Å². The van der Waals surface area contributed by atoms with Crippen LogP contribution >= 0.6 is 0 Å². The number of carbonyl (C=O) groups is 1. The molecule has 1 saturated carbocycles. The third-order valence-electron chi connectivity index (χ3n) is 5.21. The van der Waals surface area contributed by atoms with Crippen molar-refractivity contribution in [3.8, 4) is 0 Å². The number of anilines is 2. The summed E-state index contributed by atoms with van der Waals surface area (Å²) < 4.78 is 0. The van der Waals surface area contributed by atoms with E-state index in [1.54, 1.807) is 12.4 Å². The first kappa shape index (κ1) is 18.7. The molecule has 4 rings (SSSR count). The number of nitrogens with one attached hydrogen (secondary N) is 2. The highest BCUT2D eigenvalue weighted by Crippen LogP contribution is 2.28. The van der Waals surface area contributed by atoms with Gasteiger partial charge < -0.3 is 15.5 Å². The number of carbonyl (C=O) groups excluding carboxylic acids is 1. The zero-order valence-electron chi connectivity index (χ0n) is 16.6. The van der Waals surface area contributed by atoms with Crippen LogP contribution in [0.15, 0.2) is 24.5 Å². The van der Waals surface area contributed by atoms with Gasteiger partial charge in [-0.1, -0.05) is 0 Å². The standard InChI is InChI=1S/C21H28N6O/c1-14(2)25-19-17(20(28)24-13-15-4-5-15)12-16-6-10-27(11-7-18(16)26-19)21-22-8-3-9-23-21/h3,8-9,12,14-15H,4-7,10-11,13H2,1-2H3,(H,24,28)(H,25,26). The molecular weight excluding hydrogens is 352 g/mol. The predicted molar refractivity (Wildman–Crippen MR) is 110 cm³/mol. The minimum atomic E-state index is -0.0298. The van der Waals surface area contributed by atoms with Gasteiger partial charge in [0.25, 0.3) is 5.91 Å². The van der Waals surface area contributed by atoms with Gasteiger partial charge in [0.1, 0.15) is 5.82 Å². The van der Waals surface area contributed by atoms with Crippen LogP contribution in [0.25, 0.3) is 0 Å². The van der Waals surface area contributed by atoms with Gasteiger partial charge in [0.2, 0.25) is 5.95 Å². The second-order valence-corrected chi connectivity index (χ2v) is 7.98. The number of rotatable bonds is 6. The Hall–Kier alpha value is -2.70. The number of amides is 1. The molecule has 0 bridgehead atoms. The van der Waals surface area contributed by atoms with Crippen molar-refractivity contribution in [2.45, 2.75) is 45.6 Å². The fourth-order valence-corrected chi connectivity index (χ4v) is 3.50. The van der Waals surface area contributed by atoms with E-state index in [0.717, 1.165) is 49.7 Å². The Morgan fingerprint density at radius 2 is 1.96 bits per heavy atom. The Kier molecular flexibility index (Phi) is 5.41. The van der Waals surface area contributed by atoms with E-state index in [-0.39, 0.29) is 11.9 Å². The summed E-state index contributed by atoms with van der Waals surface area (Å²) in [4.78, 5) is 28.6. The predicted octanol–water partition coefficient (Wildman–Crippen LogP) is 2.44. The third-order valence-corrected chi connectivity index (χ3v) is 5.21. The van der Waals surface area contributed by atoms with Crippen molar-refractivity contribution in [3.05, 3.63) is 41.3 Å². The van der Waals surface area contributed by atoms with Gasteiger partial charge in [0.05, 0.1) is 5.56 Å². The smallest absolute Gasteiger partial charge is 0.255 e. The first-order valence-corrected chi connectivity index (χ1v) is 10.2. The first-order valence-electron chi connectivity index (χ1n) is 10.2. The van der Waals surface area contributed by atoms with E-state index in [1.165, 1.54) is 12.8 Å². The lowest BCUT2D eigenvalue weighted by molar-refractivity contribution is 0.0952. The molecule has 0 unspecified atom stereocenters. The summed E-state index contributed by atoms with van der Waals surface area (Å²) in [6.45, 7) is 6.52. The molecule has 0 saturated heterocycles. The average molecular weight is 380 g/mol. The summed E-state index contributed by atoms with van der Waals surface area (Å²) in [6, 6.07) is 4.07. The molecule has 1 aliphatic heterocycles. The van der Waals surface area contributed by atoms with Crippen LogP contribution in [-0.2, 0) is 12.8 Å². The van der Waals surface area contributed by atoms with E-state index in [0.29, 0.717) is 17.3 Å². The molecule has 2 aromatic rings. The van der Waals surface area contributed by atoms with Crippen LogP contribution in [0.3, 0.4) is 0 Å². The SMILES string of the molecule is CC(C)Nc1nc2c(cc1C(=O)NCC1CC1)CCN(c1ncccn1)CC2. The van der Waals surface area contributed by atoms with Gasteiger partial charge in [-0.3, -0.25) is 4.79 Å². The summed E-state index contributed by atoms with van der Waals surface area (Å²) in [7, 11) is 0. The van der Waals surface area contributed by atoms with Crippen LogP contribution in [0.4, 0.5) is 11.8 Å². The highest BCUT2D eigenvalue weighted by atomic mass is 16.1. The van der Waals surface area contributed by atoms with Crippen molar-refractivity contribution in [2.75, 3.05) is 29.9 Å². The van der Waals surface area contributed by atoms with Crippen molar-refractivity contribution in [3.63, 3.8) is 0 Å². The highest BCUT2D eigenvalue weighted by molar-refractivity contribution is 5.99. The number of hydrogen-bond acceptors (Lipinski definition) is 6. The maximum Gasteiger partial charge on any atom is 0.255 e. The molecule has 0 radical (unpaired) electrons. The lowest BCUT2D eigenvalue weighted by Gasteiger charge is -2.19. The Bertz CT molecular complexity index is 834. The van der Waals surface area contributed by atoms with E-state index in [9.17, 15) is 4.79 Å². The summed E-state index contributed by atoms with van der Waals surface area (Å²) in [5, 5.41) is 6.44. The van der Waals surface area contributed by atoms with Gasteiger partial charge in [-0.15, -0.1) is 0 Å². The van der Waals surface area contributed by atoms with Crippen molar-refractivity contribution in [1.82, 2.24) is 20.3 Å². The Labute approximate surface area is 166 Å². The zero-order valence-corrected chi connectivity index (χ0v) is 16.6. The van der Waals surface area contributed by atoms with E-state index >= 15 is 0 Å². The van der Waals surface area contributed by atoms with Gasteiger partial charge in [-0.25, -0.2) is 15.0 Å². The molecule has 0 aromatic carbocycles. The second-order valence-electron chi connectivity index (χ2n) is 7.98. The summed E-state index contributed by atoms with van der Waals surface area (Å²) in [6.07, 6.45) is 7.61. The highest BCUT2D eigenvalue weighted by Gasteiger charge is 2.25. The molecule has 7 heteroatoms. The minimum absolute atomic E-state index is 0.0298. The summed E-state index contributed by atoms with van der Waals surface area (Å²) in [5.41, 5.74) is 2.85. The molecule has 0 spiro atoms. The largest absolute Gasteiger partial charge is 0.367 e. The first-order chi connectivity index (χ1) is 13.6. The van der Waals surface area contributed by atoms with E-state index in [2.05, 4.69) is 39.3 Å². The van der Waals surface area contributed by atoms with Crippen LogP contribution in [0, 0.1) is 5.92 Å². The Morgan fingerprint density at radius 3 is 2.68 bits per heavy atom. The van der Waals surface area contributed by atoms with Crippen LogP contribution in [0.2, 0.25) is 0 Å². The van der Waals surface area contributed by atoms with E-state index < -0.39 is 0 Å². The number of nitrogens with zero attached hydrogens (tertiary/aromatic N) is 4. The topological polar surface area (TPSA) is 83.0 Å². The van der Waals surface area contributed by atoms with E-state index in [4.69, 9.17) is 4.98 Å². The molecule has 1 amide bonds. The monoisotopic (exact) mass is 380 g/mol. The zero-order chi connectivity index (χ0) is 19.5. The van der Waals surface area contributed by atoms with Crippen LogP contribution in [0.5, 0.6) is 0 Å². The average Bonchev–Trinajstić information content (AvgIpc) is 3.53. The summed E-state index contributed by atoms with van der Waals surface area (Å²) in [5.74, 6) is 2.06. The molecule has 28 heavy (non-hydrogen) atoms. The van der Waals surface area contributed by atoms with Crippen LogP contribution in [0.1, 0.15) is 48.3 Å². The fraction of sp³-hybridized carbons (Fsp3) is 0.524. The normalized spacial score (nSPS) is 16.5. The molecule has 0 atom stereocenters. The number of aromatic nitrogens is 3. The quantitative estimate of drug-likeness (QED) is 0.801. The lowest BCUT2D eigenvalue weighted by atomic mass is 10.0. The van der Waals surface area contributed by atoms with Gasteiger partial charge in [0, 0.05) is 50.2 Å². The number of fused-ring (bicyclic) bond motifs is 1. The number of pyridine rings is 1. The van der Waals surface area contributed by atoms with Crippen LogP contribution in [-0.4, -0.2) is 46.5 Å². The summed E-state index contributed by atoms with van der Waals surface area (Å²) >= 11 is 0. The lowest BCUT2D eigenvalue weighted by Crippen LogP contribution is -2.28. The molecule has 2 N–H and O–H groups in total. The molecule has 148 valence electrons. The molecule has 2 aromatic heterocycles. The number of hydrogen-bond donors (Lipinski definition) is 2. The van der Waals surface area contributed by atoms with Crippen molar-refractivity contribution in [2.24, 2.45) is 5.92 Å². The molecule has 1 fully saturated rings. The second kappa shape index (κ2) is 8.12. The third kappa shape index (κ3) is 4.40. The molecule has 2 aliphatic rings. The maximum atomic E-state index is 12.8. The van der Waals surface area contributed by atoms with Gasteiger partial charge in [-0.2, -0.15) is 0 Å². The maximum absolute atomic E-state index is 12.8. The van der Waals surface area contributed by atoms with Gasteiger partial charge >= 0.3 is 0 Å². The fourth-order valence-electron chi connectivity index (χ4n) is 3.50. The van der Waals surface area contributed by atoms with Crippen molar-refractivity contribution >= 4 is 17.7 Å². The molecule has 3 heterocycles. The minimum Gasteiger partial charge on any atom is -0.367 e. The molecule has 1 aliphatic carbocycles. The van der Waals surface area contributed by atoms with Gasteiger partial charge in [0.15, 0.2) is 0 Å². The van der Waals surface area contributed by atoms with Gasteiger partial charge in [-0.05, 0) is 56.7 Å².